The lowest BCUT2D eigenvalue weighted by Gasteiger charge is -2.32. The molecule has 2 atom stereocenters. The molecule has 1 fully saturated rings. The number of halogens is 2. The fourth-order valence-electron chi connectivity index (χ4n) is 5.09. The number of benzene rings is 3. The topological polar surface area (TPSA) is 125 Å². The Hall–Kier alpha value is -3.31. The van der Waals surface area contributed by atoms with E-state index in [1.807, 2.05) is 36.4 Å². The second kappa shape index (κ2) is 13.8. The average Bonchev–Trinajstić information content (AvgIpc) is 3.45. The summed E-state index contributed by atoms with van der Waals surface area (Å²) in [5.74, 6) is -0.867. The van der Waals surface area contributed by atoms with Crippen LogP contribution in [0, 0.1) is 0 Å². The van der Waals surface area contributed by atoms with Crippen LogP contribution in [0.1, 0.15) is 31.4 Å². The SMILES string of the molecule is CC(C(=O)NC(CN1CCCC1)c1ccc(-c2ccccc2NS(C)(=O)=O)cc1)N(CC(N)=O)c1ccc(Cl)c(Cl)c1. The molecule has 224 valence electrons. The van der Waals surface area contributed by atoms with Crippen molar-refractivity contribution in [1.82, 2.24) is 10.2 Å². The van der Waals surface area contributed by atoms with Crippen LogP contribution < -0.4 is 20.7 Å². The average molecular weight is 633 g/mol. The molecule has 1 heterocycles. The third kappa shape index (κ3) is 8.38. The van der Waals surface area contributed by atoms with Gasteiger partial charge in [0.15, 0.2) is 0 Å². The normalized spacial score (nSPS) is 15.1. The zero-order chi connectivity index (χ0) is 30.4. The lowest BCUT2D eigenvalue weighted by Crippen LogP contribution is -2.50. The summed E-state index contributed by atoms with van der Waals surface area (Å²) in [7, 11) is -3.45. The van der Waals surface area contributed by atoms with Crippen molar-refractivity contribution in [3.63, 3.8) is 0 Å². The van der Waals surface area contributed by atoms with Crippen LogP contribution >= 0.6 is 23.2 Å². The number of carbonyl (C=O) groups excluding carboxylic acids is 2. The highest BCUT2D eigenvalue weighted by Gasteiger charge is 2.28. The van der Waals surface area contributed by atoms with Gasteiger partial charge in [0.05, 0.1) is 34.6 Å². The van der Waals surface area contributed by atoms with Crippen LogP contribution in [0.2, 0.25) is 10.0 Å². The quantitative estimate of drug-likeness (QED) is 0.267. The van der Waals surface area contributed by atoms with E-state index in [9.17, 15) is 18.0 Å². The molecule has 42 heavy (non-hydrogen) atoms. The maximum Gasteiger partial charge on any atom is 0.242 e. The molecule has 0 saturated carbocycles. The van der Waals surface area contributed by atoms with Crippen molar-refractivity contribution in [1.29, 1.82) is 0 Å². The van der Waals surface area contributed by atoms with E-state index < -0.39 is 22.0 Å². The fraction of sp³-hybridized carbons (Fsp3) is 0.333. The molecule has 12 heteroatoms. The first kappa shape index (κ1) is 31.6. The van der Waals surface area contributed by atoms with Gasteiger partial charge < -0.3 is 20.9 Å². The number of anilines is 2. The number of likely N-dealkylation sites (tertiary alicyclic amines) is 1. The molecule has 0 aromatic heterocycles. The molecule has 4 N–H and O–H groups in total. The predicted molar refractivity (Wildman–Crippen MR) is 169 cm³/mol. The van der Waals surface area contributed by atoms with Gasteiger partial charge >= 0.3 is 0 Å². The second-order valence-corrected chi connectivity index (χ2v) is 13.0. The number of nitrogens with zero attached hydrogens (tertiary/aromatic N) is 2. The van der Waals surface area contributed by atoms with E-state index in [-0.39, 0.29) is 18.5 Å². The maximum atomic E-state index is 13.7. The van der Waals surface area contributed by atoms with Crippen LogP contribution in [0.25, 0.3) is 11.1 Å². The Balaban J connectivity index is 1.60. The van der Waals surface area contributed by atoms with Gasteiger partial charge in [-0.2, -0.15) is 0 Å². The number of amides is 2. The number of hydrogen-bond acceptors (Lipinski definition) is 6. The van der Waals surface area contributed by atoms with Crippen molar-refractivity contribution < 1.29 is 18.0 Å². The summed E-state index contributed by atoms with van der Waals surface area (Å²) in [6, 6.07) is 18.7. The molecule has 1 aliphatic heterocycles. The second-order valence-electron chi connectivity index (χ2n) is 10.5. The Bertz CT molecular complexity index is 1530. The third-order valence-corrected chi connectivity index (χ3v) is 8.54. The van der Waals surface area contributed by atoms with Crippen LogP contribution in [-0.4, -0.2) is 63.6 Å². The third-order valence-electron chi connectivity index (χ3n) is 7.21. The van der Waals surface area contributed by atoms with E-state index in [0.29, 0.717) is 28.0 Å². The summed E-state index contributed by atoms with van der Waals surface area (Å²) in [6.45, 7) is 4.04. The Kier molecular flexibility index (Phi) is 10.4. The molecule has 0 spiro atoms. The zero-order valence-corrected chi connectivity index (χ0v) is 25.8. The first-order valence-electron chi connectivity index (χ1n) is 13.6. The maximum absolute atomic E-state index is 13.7. The summed E-state index contributed by atoms with van der Waals surface area (Å²) in [6.07, 6.45) is 3.32. The summed E-state index contributed by atoms with van der Waals surface area (Å²) >= 11 is 12.3. The molecule has 3 aromatic rings. The first-order chi connectivity index (χ1) is 19.9. The molecule has 4 rings (SSSR count). The van der Waals surface area contributed by atoms with Gasteiger partial charge in [-0.3, -0.25) is 14.3 Å². The number of hydrogen-bond donors (Lipinski definition) is 3. The molecule has 0 aliphatic carbocycles. The van der Waals surface area contributed by atoms with E-state index in [4.69, 9.17) is 28.9 Å². The molecule has 2 amide bonds. The van der Waals surface area contributed by atoms with Crippen LogP contribution in [0.3, 0.4) is 0 Å². The Morgan fingerprint density at radius 1 is 1.00 bits per heavy atom. The van der Waals surface area contributed by atoms with E-state index in [1.165, 1.54) is 0 Å². The highest BCUT2D eigenvalue weighted by molar-refractivity contribution is 7.92. The predicted octanol–water partition coefficient (Wildman–Crippen LogP) is 4.67. The van der Waals surface area contributed by atoms with Gasteiger partial charge in [-0.15, -0.1) is 0 Å². The lowest BCUT2D eigenvalue weighted by atomic mass is 9.99. The van der Waals surface area contributed by atoms with Gasteiger partial charge in [0.1, 0.15) is 6.04 Å². The number of sulfonamides is 1. The van der Waals surface area contributed by atoms with Gasteiger partial charge in [-0.25, -0.2) is 8.42 Å². The highest BCUT2D eigenvalue weighted by Crippen LogP contribution is 2.31. The Labute approximate surface area is 257 Å². The van der Waals surface area contributed by atoms with Crippen LogP contribution in [-0.2, 0) is 19.6 Å². The number of nitrogens with two attached hydrogens (primary N) is 1. The molecule has 1 saturated heterocycles. The largest absolute Gasteiger partial charge is 0.368 e. The van der Waals surface area contributed by atoms with Crippen molar-refractivity contribution in [2.75, 3.05) is 42.1 Å². The van der Waals surface area contributed by atoms with Crippen LogP contribution in [0.4, 0.5) is 11.4 Å². The molecule has 1 aliphatic rings. The Morgan fingerprint density at radius 3 is 2.29 bits per heavy atom. The van der Waals surface area contributed by atoms with Gasteiger partial charge in [-0.1, -0.05) is 65.7 Å². The van der Waals surface area contributed by atoms with E-state index >= 15 is 0 Å². The molecule has 2 unspecified atom stereocenters. The van der Waals surface area contributed by atoms with Gasteiger partial charge in [0, 0.05) is 17.8 Å². The molecule has 9 nitrogen and oxygen atoms in total. The minimum atomic E-state index is -3.45. The van der Waals surface area contributed by atoms with Crippen LogP contribution in [0.15, 0.2) is 66.7 Å². The van der Waals surface area contributed by atoms with Crippen molar-refractivity contribution in [2.24, 2.45) is 5.73 Å². The van der Waals surface area contributed by atoms with E-state index in [1.54, 1.807) is 42.2 Å². The summed E-state index contributed by atoms with van der Waals surface area (Å²) in [5, 5.41) is 3.85. The smallest absolute Gasteiger partial charge is 0.242 e. The van der Waals surface area contributed by atoms with Crippen molar-refractivity contribution >= 4 is 56.4 Å². The fourth-order valence-corrected chi connectivity index (χ4v) is 5.96. The first-order valence-corrected chi connectivity index (χ1v) is 16.3. The number of carbonyl (C=O) groups is 2. The van der Waals surface area contributed by atoms with Crippen LogP contribution in [0.5, 0.6) is 0 Å². The zero-order valence-electron chi connectivity index (χ0n) is 23.5. The van der Waals surface area contributed by atoms with E-state index in [2.05, 4.69) is 14.9 Å². The number of primary amides is 1. The van der Waals surface area contributed by atoms with Gasteiger partial charge in [0.25, 0.3) is 0 Å². The molecule has 3 aromatic carbocycles. The molecule has 0 bridgehead atoms. The van der Waals surface area contributed by atoms with Crippen molar-refractivity contribution in [2.45, 2.75) is 31.8 Å². The summed E-state index contributed by atoms with van der Waals surface area (Å²) < 4.78 is 26.3. The van der Waals surface area contributed by atoms with Gasteiger partial charge in [-0.05, 0) is 68.2 Å². The minimum Gasteiger partial charge on any atom is -0.368 e. The lowest BCUT2D eigenvalue weighted by molar-refractivity contribution is -0.123. The standard InChI is InChI=1S/C30H35Cl2N5O4S/c1-20(37(19-29(33)38)23-13-14-25(31)26(32)17-23)30(39)34-28(18-36-15-5-6-16-36)22-11-9-21(10-12-22)24-7-3-4-8-27(24)35-42(2,40)41/h3-4,7-14,17,20,28,35H,5-6,15-16,18-19H2,1-2H3,(H2,33,38)(H,34,39). The molecular formula is C30H35Cl2N5O4S. The number of rotatable bonds is 12. The molecule has 0 radical (unpaired) electrons. The molecular weight excluding hydrogens is 597 g/mol. The Morgan fingerprint density at radius 2 is 1.67 bits per heavy atom. The van der Waals surface area contributed by atoms with Crippen molar-refractivity contribution in [3.8, 4) is 11.1 Å². The number of para-hydroxylation sites is 1. The minimum absolute atomic E-state index is 0.182. The van der Waals surface area contributed by atoms with Gasteiger partial charge in [0.2, 0.25) is 21.8 Å². The monoisotopic (exact) mass is 631 g/mol. The summed E-state index contributed by atoms with van der Waals surface area (Å²) in [4.78, 5) is 29.5. The van der Waals surface area contributed by atoms with Crippen molar-refractivity contribution in [3.05, 3.63) is 82.3 Å². The highest BCUT2D eigenvalue weighted by atomic mass is 35.5. The number of nitrogens with one attached hydrogen (secondary N) is 2. The van der Waals surface area contributed by atoms with E-state index in [0.717, 1.165) is 48.9 Å². The summed E-state index contributed by atoms with van der Waals surface area (Å²) in [5.41, 5.74) is 9.04.